The number of carboxylic acid groups (broad SMARTS) is 2. The van der Waals surface area contributed by atoms with E-state index in [0.717, 1.165) is 0 Å². The standard InChI is InChI=1S/C7H9Cl3O4Si/c1-2-3-4(6(11)12)5(7(13)14)15(8,9)10/h2-3H2,1H3,(H,11,12)(H,13,14)/b5-4+. The molecule has 2 N–H and O–H groups in total. The third-order valence-corrected chi connectivity index (χ3v) is 4.34. The number of hydrogen-bond acceptors (Lipinski definition) is 2. The smallest absolute Gasteiger partial charge is 0.380 e. The van der Waals surface area contributed by atoms with E-state index < -0.39 is 23.1 Å². The summed E-state index contributed by atoms with van der Waals surface area (Å²) in [6, 6.07) is -3.70. The molecule has 0 atom stereocenters. The molecule has 0 aromatic heterocycles. The molecule has 4 nitrogen and oxygen atoms in total. The van der Waals surface area contributed by atoms with Gasteiger partial charge in [-0.25, -0.2) is 9.59 Å². The zero-order chi connectivity index (χ0) is 12.2. The zero-order valence-electron chi connectivity index (χ0n) is 7.76. The van der Waals surface area contributed by atoms with Crippen molar-refractivity contribution < 1.29 is 19.8 Å². The predicted molar refractivity (Wildman–Crippen MR) is 60.5 cm³/mol. The van der Waals surface area contributed by atoms with Crippen LogP contribution in [0.1, 0.15) is 19.8 Å². The van der Waals surface area contributed by atoms with Crippen LogP contribution in [0.2, 0.25) is 0 Å². The van der Waals surface area contributed by atoms with Crippen LogP contribution in [0, 0.1) is 0 Å². The molecule has 0 spiro atoms. The van der Waals surface area contributed by atoms with Crippen LogP contribution >= 0.6 is 33.2 Å². The van der Waals surface area contributed by atoms with E-state index in [2.05, 4.69) is 0 Å². The van der Waals surface area contributed by atoms with Crippen LogP contribution in [0.15, 0.2) is 10.8 Å². The van der Waals surface area contributed by atoms with Crippen LogP contribution in [0.3, 0.4) is 0 Å². The number of carboxylic acids is 2. The fraction of sp³-hybridized carbons (Fsp3) is 0.429. The maximum Gasteiger partial charge on any atom is 0.380 e. The van der Waals surface area contributed by atoms with Gasteiger partial charge in [-0.15, -0.1) is 33.2 Å². The maximum absolute atomic E-state index is 10.8. The Bertz CT molecular complexity index is 308. The highest BCUT2D eigenvalue weighted by Gasteiger charge is 2.40. The predicted octanol–water partition coefficient (Wildman–Crippen LogP) is 2.45. The normalized spacial score (nSPS) is 13.3. The van der Waals surface area contributed by atoms with Gasteiger partial charge in [-0.1, -0.05) is 13.3 Å². The molecule has 8 heteroatoms. The maximum atomic E-state index is 10.8. The van der Waals surface area contributed by atoms with Crippen molar-refractivity contribution >= 4 is 51.2 Å². The summed E-state index contributed by atoms with van der Waals surface area (Å²) in [6.07, 6.45) is 0.533. The summed E-state index contributed by atoms with van der Waals surface area (Å²) in [5.41, 5.74) is -0.323. The molecular weight excluding hydrogens is 283 g/mol. The molecule has 0 unspecified atom stereocenters. The molecule has 0 fully saturated rings. The van der Waals surface area contributed by atoms with Crippen molar-refractivity contribution in [3.63, 3.8) is 0 Å². The molecule has 0 bridgehead atoms. The first-order valence-corrected chi connectivity index (χ1v) is 9.02. The first kappa shape index (κ1) is 14.8. The minimum Gasteiger partial charge on any atom is -0.478 e. The lowest BCUT2D eigenvalue weighted by Gasteiger charge is -2.12. The van der Waals surface area contributed by atoms with Crippen LogP contribution in [0.4, 0.5) is 0 Å². The molecule has 0 aliphatic rings. The number of halogens is 3. The van der Waals surface area contributed by atoms with E-state index in [-0.39, 0.29) is 12.0 Å². The van der Waals surface area contributed by atoms with Gasteiger partial charge in [-0.3, -0.25) is 0 Å². The minimum absolute atomic E-state index is 0.0673. The molecular formula is C7H9Cl3O4Si. The molecule has 0 aromatic carbocycles. The molecule has 0 amide bonds. The minimum atomic E-state index is -3.70. The summed E-state index contributed by atoms with van der Waals surface area (Å²) in [7, 11) is 0. The van der Waals surface area contributed by atoms with E-state index in [1.165, 1.54) is 0 Å². The van der Waals surface area contributed by atoms with Gasteiger partial charge in [-0.2, -0.15) is 0 Å². The molecule has 86 valence electrons. The highest BCUT2D eigenvalue weighted by atomic mass is 35.8. The number of aliphatic carboxylic acids is 2. The molecule has 0 saturated carbocycles. The summed E-state index contributed by atoms with van der Waals surface area (Å²) in [5, 5.41) is 17.1. The van der Waals surface area contributed by atoms with Crippen molar-refractivity contribution in [2.45, 2.75) is 19.8 Å². The van der Waals surface area contributed by atoms with Crippen LogP contribution < -0.4 is 0 Å². The van der Waals surface area contributed by atoms with E-state index in [1.807, 2.05) is 0 Å². The van der Waals surface area contributed by atoms with Crippen molar-refractivity contribution in [2.75, 3.05) is 0 Å². The van der Waals surface area contributed by atoms with Crippen LogP contribution in [-0.2, 0) is 9.59 Å². The van der Waals surface area contributed by atoms with Gasteiger partial charge in [0.1, 0.15) is 0 Å². The zero-order valence-corrected chi connectivity index (χ0v) is 11.0. The lowest BCUT2D eigenvalue weighted by Crippen LogP contribution is -2.26. The Balaban J connectivity index is 5.57. The second-order valence-electron chi connectivity index (χ2n) is 2.71. The van der Waals surface area contributed by atoms with E-state index in [0.29, 0.717) is 6.42 Å². The molecule has 0 aliphatic carbocycles. The number of rotatable bonds is 5. The molecule has 0 saturated heterocycles. The van der Waals surface area contributed by atoms with Gasteiger partial charge in [-0.05, 0) is 6.42 Å². The first-order chi connectivity index (χ1) is 6.71. The highest BCUT2D eigenvalue weighted by Crippen LogP contribution is 2.32. The van der Waals surface area contributed by atoms with Crippen molar-refractivity contribution in [3.8, 4) is 0 Å². The summed E-state index contributed by atoms with van der Waals surface area (Å²) < 4.78 is 0. The van der Waals surface area contributed by atoms with Crippen molar-refractivity contribution in [1.29, 1.82) is 0 Å². The molecule has 0 aliphatic heterocycles. The van der Waals surface area contributed by atoms with Crippen LogP contribution in [0.5, 0.6) is 0 Å². The van der Waals surface area contributed by atoms with Gasteiger partial charge in [0.05, 0.1) is 5.20 Å². The molecule has 0 rings (SSSR count). The van der Waals surface area contributed by atoms with E-state index in [1.54, 1.807) is 6.92 Å². The molecule has 15 heavy (non-hydrogen) atoms. The number of hydrogen-bond donors (Lipinski definition) is 2. The average molecular weight is 292 g/mol. The Morgan fingerprint density at radius 3 is 1.80 bits per heavy atom. The molecule has 0 radical (unpaired) electrons. The summed E-state index contributed by atoms with van der Waals surface area (Å²) in [5.74, 6) is -2.83. The highest BCUT2D eigenvalue weighted by molar-refractivity contribution is 7.68. The van der Waals surface area contributed by atoms with Crippen molar-refractivity contribution in [2.24, 2.45) is 0 Å². The topological polar surface area (TPSA) is 74.6 Å². The van der Waals surface area contributed by atoms with Gasteiger partial charge in [0, 0.05) is 5.57 Å². The quantitative estimate of drug-likeness (QED) is 0.463. The number of carbonyl (C=O) groups is 2. The van der Waals surface area contributed by atoms with Gasteiger partial charge in [0.2, 0.25) is 0 Å². The second-order valence-corrected chi connectivity index (χ2v) is 11.1. The van der Waals surface area contributed by atoms with Gasteiger partial charge < -0.3 is 10.2 Å². The Morgan fingerprint density at radius 1 is 1.13 bits per heavy atom. The summed E-state index contributed by atoms with van der Waals surface area (Å²) in [4.78, 5) is 21.6. The fourth-order valence-electron chi connectivity index (χ4n) is 1.01. The SMILES string of the molecule is CCC/C(C(=O)O)=C(/C(=O)O)[Si](Cl)(Cl)Cl. The first-order valence-electron chi connectivity index (χ1n) is 3.98. The lowest BCUT2D eigenvalue weighted by atomic mass is 10.1. The van der Waals surface area contributed by atoms with Gasteiger partial charge >= 0.3 is 17.9 Å². The largest absolute Gasteiger partial charge is 0.478 e. The average Bonchev–Trinajstić information content (AvgIpc) is 1.99. The van der Waals surface area contributed by atoms with Crippen LogP contribution in [0.25, 0.3) is 0 Å². The van der Waals surface area contributed by atoms with E-state index in [4.69, 9.17) is 43.5 Å². The van der Waals surface area contributed by atoms with E-state index >= 15 is 0 Å². The summed E-state index contributed by atoms with van der Waals surface area (Å²) >= 11 is 16.6. The summed E-state index contributed by atoms with van der Waals surface area (Å²) in [6.45, 7) is 1.71. The lowest BCUT2D eigenvalue weighted by molar-refractivity contribution is -0.135. The third kappa shape index (κ3) is 4.42. The Hall–Kier alpha value is -0.233. The van der Waals surface area contributed by atoms with Crippen molar-refractivity contribution in [1.82, 2.24) is 0 Å². The Labute approximate surface area is 102 Å². The Morgan fingerprint density at radius 2 is 1.60 bits per heavy atom. The van der Waals surface area contributed by atoms with Crippen LogP contribution in [-0.4, -0.2) is 28.2 Å². The van der Waals surface area contributed by atoms with Crippen molar-refractivity contribution in [3.05, 3.63) is 10.8 Å². The van der Waals surface area contributed by atoms with Gasteiger partial charge in [0.25, 0.3) is 0 Å². The molecule has 0 aromatic rings. The monoisotopic (exact) mass is 290 g/mol. The second kappa shape index (κ2) is 5.74. The third-order valence-electron chi connectivity index (χ3n) is 1.56. The molecule has 0 heterocycles. The van der Waals surface area contributed by atoms with E-state index in [9.17, 15) is 9.59 Å². The Kier molecular flexibility index (Phi) is 5.65. The fourth-order valence-corrected chi connectivity index (χ4v) is 3.58. The van der Waals surface area contributed by atoms with Gasteiger partial charge in [0.15, 0.2) is 0 Å².